The second-order valence-corrected chi connectivity index (χ2v) is 8.09. The van der Waals surface area contributed by atoms with Crippen molar-refractivity contribution < 1.29 is 0 Å². The molecule has 1 N–H and O–H groups in total. The molecule has 0 amide bonds. The number of nitrogens with one attached hydrogen (secondary N) is 1. The van der Waals surface area contributed by atoms with E-state index in [0.717, 1.165) is 26.2 Å². The van der Waals surface area contributed by atoms with Gasteiger partial charge in [-0.15, -0.1) is 11.3 Å². The number of halogens is 3. The van der Waals surface area contributed by atoms with Gasteiger partial charge in [0.25, 0.3) is 0 Å². The molecule has 0 aliphatic heterocycles. The van der Waals surface area contributed by atoms with E-state index in [9.17, 15) is 0 Å². The highest BCUT2D eigenvalue weighted by molar-refractivity contribution is 7.19. The van der Waals surface area contributed by atoms with Crippen LogP contribution in [0.1, 0.15) is 4.88 Å². The predicted molar refractivity (Wildman–Crippen MR) is 112 cm³/mol. The molecule has 0 spiro atoms. The van der Waals surface area contributed by atoms with Gasteiger partial charge in [0, 0.05) is 15.5 Å². The Labute approximate surface area is 169 Å². The molecule has 3 nitrogen and oxygen atoms in total. The van der Waals surface area contributed by atoms with Crippen molar-refractivity contribution in [3.8, 4) is 11.1 Å². The molecule has 4 aromatic rings. The minimum atomic E-state index is 0.459. The lowest BCUT2D eigenvalue weighted by atomic mass is 10.0. The lowest BCUT2D eigenvalue weighted by Crippen LogP contribution is -1.96. The molecule has 0 saturated carbocycles. The first-order chi connectivity index (χ1) is 12.5. The molecular formula is C19H12Cl3N3S. The fraction of sp³-hybridized carbons (Fsp3) is 0.0526. The zero-order chi connectivity index (χ0) is 18.3. The van der Waals surface area contributed by atoms with Crippen LogP contribution in [0.5, 0.6) is 0 Å². The van der Waals surface area contributed by atoms with Gasteiger partial charge in [-0.1, -0.05) is 53.0 Å². The molecular weight excluding hydrogens is 409 g/mol. The Bertz CT molecular complexity index is 1110. The maximum Gasteiger partial charge on any atom is 0.143 e. The summed E-state index contributed by atoms with van der Waals surface area (Å²) in [6, 6.07) is 13.2. The maximum absolute atomic E-state index is 6.32. The highest BCUT2D eigenvalue weighted by Gasteiger charge is 2.17. The van der Waals surface area contributed by atoms with Crippen molar-refractivity contribution in [2.24, 2.45) is 0 Å². The van der Waals surface area contributed by atoms with Crippen LogP contribution in [-0.2, 0) is 0 Å². The van der Waals surface area contributed by atoms with Gasteiger partial charge in [0.05, 0.1) is 21.1 Å². The van der Waals surface area contributed by atoms with Crippen LogP contribution in [0.25, 0.3) is 21.3 Å². The van der Waals surface area contributed by atoms with Gasteiger partial charge in [-0.25, -0.2) is 9.97 Å². The van der Waals surface area contributed by atoms with Crippen LogP contribution in [0.4, 0.5) is 11.5 Å². The van der Waals surface area contributed by atoms with Gasteiger partial charge in [0.15, 0.2) is 0 Å². The van der Waals surface area contributed by atoms with Crippen LogP contribution in [0, 0.1) is 6.92 Å². The first-order valence-corrected chi connectivity index (χ1v) is 9.70. The van der Waals surface area contributed by atoms with E-state index < -0.39 is 0 Å². The third-order valence-electron chi connectivity index (χ3n) is 4.00. The number of aryl methyl sites for hydroxylation is 1. The number of aromatic nitrogens is 2. The molecule has 0 bridgehead atoms. The minimum Gasteiger partial charge on any atom is -0.338 e. The van der Waals surface area contributed by atoms with Gasteiger partial charge >= 0.3 is 0 Å². The van der Waals surface area contributed by atoms with E-state index in [4.69, 9.17) is 34.8 Å². The average Bonchev–Trinajstić information content (AvgIpc) is 2.97. The van der Waals surface area contributed by atoms with E-state index >= 15 is 0 Å². The normalized spacial score (nSPS) is 11.1. The Morgan fingerprint density at radius 3 is 2.50 bits per heavy atom. The first kappa shape index (κ1) is 17.6. The number of nitrogens with zero attached hydrogens (tertiary/aromatic N) is 2. The van der Waals surface area contributed by atoms with E-state index in [1.54, 1.807) is 23.7 Å². The Balaban J connectivity index is 1.91. The van der Waals surface area contributed by atoms with Crippen molar-refractivity contribution in [1.29, 1.82) is 0 Å². The highest BCUT2D eigenvalue weighted by Crippen LogP contribution is 2.42. The summed E-state index contributed by atoms with van der Waals surface area (Å²) in [5, 5.41) is 5.90. The van der Waals surface area contributed by atoms with Crippen molar-refractivity contribution in [3.63, 3.8) is 0 Å². The van der Waals surface area contributed by atoms with E-state index in [2.05, 4.69) is 22.2 Å². The zero-order valence-corrected chi connectivity index (χ0v) is 16.6. The molecule has 130 valence electrons. The topological polar surface area (TPSA) is 37.8 Å². The lowest BCUT2D eigenvalue weighted by Gasteiger charge is -2.11. The van der Waals surface area contributed by atoms with Crippen molar-refractivity contribution in [3.05, 3.63) is 68.7 Å². The van der Waals surface area contributed by atoms with E-state index in [1.165, 1.54) is 0 Å². The van der Waals surface area contributed by atoms with Gasteiger partial charge in [0.1, 0.15) is 17.0 Å². The summed E-state index contributed by atoms with van der Waals surface area (Å²) in [6.07, 6.45) is 1.55. The van der Waals surface area contributed by atoms with Gasteiger partial charge in [0.2, 0.25) is 0 Å². The molecule has 4 rings (SSSR count). The molecule has 2 aromatic heterocycles. The minimum absolute atomic E-state index is 0.459. The second-order valence-electron chi connectivity index (χ2n) is 5.67. The summed E-state index contributed by atoms with van der Waals surface area (Å²) in [7, 11) is 0. The zero-order valence-electron chi connectivity index (χ0n) is 13.6. The number of anilines is 2. The SMILES string of the molecule is Cc1sc2ncnc(Nc3cccc(Cl)c3Cl)c2c1-c1ccc(Cl)cc1. The maximum atomic E-state index is 6.32. The van der Waals surface area contributed by atoms with Crippen molar-refractivity contribution in [2.45, 2.75) is 6.92 Å². The van der Waals surface area contributed by atoms with Crippen LogP contribution in [-0.4, -0.2) is 9.97 Å². The third-order valence-corrected chi connectivity index (χ3v) is 6.09. The molecule has 7 heteroatoms. The predicted octanol–water partition coefficient (Wildman–Crippen LogP) is 7.37. The Kier molecular flexibility index (Phi) is 4.76. The van der Waals surface area contributed by atoms with Crippen LogP contribution in [0.2, 0.25) is 15.1 Å². The van der Waals surface area contributed by atoms with Crippen LogP contribution >= 0.6 is 46.1 Å². The Morgan fingerprint density at radius 1 is 0.962 bits per heavy atom. The third kappa shape index (κ3) is 3.14. The van der Waals surface area contributed by atoms with Crippen molar-refractivity contribution >= 4 is 67.9 Å². The standard InChI is InChI=1S/C19H12Cl3N3S/c1-10-15(11-5-7-12(20)8-6-11)16-18(23-9-24-19(16)26-10)25-14-4-2-3-13(21)17(14)22/h2-9H,1H3,(H,23,24,25). The number of hydrogen-bond donors (Lipinski definition) is 1. The molecule has 0 saturated heterocycles. The Hall–Kier alpha value is -1.85. The van der Waals surface area contributed by atoms with Crippen LogP contribution in [0.15, 0.2) is 48.8 Å². The van der Waals surface area contributed by atoms with Crippen molar-refractivity contribution in [2.75, 3.05) is 5.32 Å². The fourth-order valence-electron chi connectivity index (χ4n) is 2.83. The number of hydrogen-bond acceptors (Lipinski definition) is 4. The van der Waals surface area contributed by atoms with Crippen molar-refractivity contribution in [1.82, 2.24) is 9.97 Å². The van der Waals surface area contributed by atoms with Gasteiger partial charge in [-0.3, -0.25) is 0 Å². The molecule has 0 fully saturated rings. The average molecular weight is 421 g/mol. The largest absolute Gasteiger partial charge is 0.338 e. The van der Waals surface area contributed by atoms with Gasteiger partial charge in [-0.05, 0) is 36.8 Å². The molecule has 26 heavy (non-hydrogen) atoms. The summed E-state index contributed by atoms with van der Waals surface area (Å²) in [5.74, 6) is 0.688. The number of rotatable bonds is 3. The summed E-state index contributed by atoms with van der Waals surface area (Å²) >= 11 is 20.1. The summed E-state index contributed by atoms with van der Waals surface area (Å²) < 4.78 is 0. The molecule has 2 aromatic carbocycles. The smallest absolute Gasteiger partial charge is 0.143 e. The van der Waals surface area contributed by atoms with E-state index in [1.807, 2.05) is 36.4 Å². The van der Waals surface area contributed by atoms with E-state index in [-0.39, 0.29) is 0 Å². The van der Waals surface area contributed by atoms with Crippen LogP contribution in [0.3, 0.4) is 0 Å². The van der Waals surface area contributed by atoms with Crippen LogP contribution < -0.4 is 5.32 Å². The van der Waals surface area contributed by atoms with Gasteiger partial charge in [-0.2, -0.15) is 0 Å². The summed E-state index contributed by atoms with van der Waals surface area (Å²) in [6.45, 7) is 2.08. The van der Waals surface area contributed by atoms with E-state index in [0.29, 0.717) is 26.6 Å². The molecule has 0 unspecified atom stereocenters. The monoisotopic (exact) mass is 419 g/mol. The molecule has 0 atom stereocenters. The number of thiophene rings is 1. The van der Waals surface area contributed by atoms with Gasteiger partial charge < -0.3 is 5.32 Å². The quantitative estimate of drug-likeness (QED) is 0.376. The molecule has 0 aliphatic rings. The molecule has 0 radical (unpaired) electrons. The fourth-order valence-corrected chi connectivity index (χ4v) is 4.32. The summed E-state index contributed by atoms with van der Waals surface area (Å²) in [5.41, 5.74) is 2.85. The second kappa shape index (κ2) is 7.05. The Morgan fingerprint density at radius 2 is 1.73 bits per heavy atom. The number of fused-ring (bicyclic) bond motifs is 1. The molecule has 2 heterocycles. The first-order valence-electron chi connectivity index (χ1n) is 7.75. The summed E-state index contributed by atoms with van der Waals surface area (Å²) in [4.78, 5) is 10.9. The highest BCUT2D eigenvalue weighted by atomic mass is 35.5. The lowest BCUT2D eigenvalue weighted by molar-refractivity contribution is 1.23. The number of benzene rings is 2. The molecule has 0 aliphatic carbocycles.